The number of hydrogen-bond donors (Lipinski definition) is 2. The van der Waals surface area contributed by atoms with Crippen LogP contribution in [0.2, 0.25) is 0 Å². The summed E-state index contributed by atoms with van der Waals surface area (Å²) >= 11 is 0. The van der Waals surface area contributed by atoms with Gasteiger partial charge in [-0.25, -0.2) is 9.18 Å². The zero-order chi connectivity index (χ0) is 22.5. The van der Waals surface area contributed by atoms with Crippen LogP contribution in [0.15, 0.2) is 72.8 Å². The normalized spacial score (nSPS) is 13.4. The number of benzene rings is 3. The van der Waals surface area contributed by atoms with Gasteiger partial charge in [0.05, 0.1) is 6.04 Å². The Labute approximate surface area is 188 Å². The summed E-state index contributed by atoms with van der Waals surface area (Å²) < 4.78 is 13.1. The fourth-order valence-corrected chi connectivity index (χ4v) is 4.13. The van der Waals surface area contributed by atoms with Crippen molar-refractivity contribution in [2.45, 2.75) is 19.0 Å². The van der Waals surface area contributed by atoms with E-state index in [-0.39, 0.29) is 17.9 Å². The Morgan fingerprint density at radius 2 is 1.72 bits per heavy atom. The number of nitrogens with zero attached hydrogens (tertiary/aromatic N) is 2. The lowest BCUT2D eigenvalue weighted by Gasteiger charge is -2.31. The number of anilines is 2. The van der Waals surface area contributed by atoms with Crippen LogP contribution in [0.1, 0.15) is 22.7 Å². The van der Waals surface area contributed by atoms with Gasteiger partial charge in [0.1, 0.15) is 5.82 Å². The predicted molar refractivity (Wildman–Crippen MR) is 128 cm³/mol. The Morgan fingerprint density at radius 1 is 1.00 bits per heavy atom. The van der Waals surface area contributed by atoms with Gasteiger partial charge in [0, 0.05) is 45.1 Å². The molecular formula is C26H29FN4O. The molecule has 0 fully saturated rings. The Kier molecular flexibility index (Phi) is 6.59. The molecule has 2 N–H and O–H groups in total. The molecular weight excluding hydrogens is 403 g/mol. The first-order chi connectivity index (χ1) is 15.5. The van der Waals surface area contributed by atoms with E-state index in [1.54, 1.807) is 12.1 Å². The van der Waals surface area contributed by atoms with Crippen LogP contribution in [-0.2, 0) is 13.0 Å². The number of fused-ring (bicyclic) bond motifs is 1. The van der Waals surface area contributed by atoms with E-state index in [2.05, 4.69) is 69.0 Å². The van der Waals surface area contributed by atoms with E-state index < -0.39 is 0 Å². The summed E-state index contributed by atoms with van der Waals surface area (Å²) in [5, 5.41) is 5.89. The van der Waals surface area contributed by atoms with Gasteiger partial charge >= 0.3 is 6.03 Å². The fraction of sp³-hybridized carbons (Fsp3) is 0.269. The highest BCUT2D eigenvalue weighted by atomic mass is 19.1. The zero-order valence-electron chi connectivity index (χ0n) is 18.5. The van der Waals surface area contributed by atoms with Crippen LogP contribution in [0.3, 0.4) is 0 Å². The molecule has 6 heteroatoms. The molecule has 5 nitrogen and oxygen atoms in total. The minimum Gasteiger partial charge on any atom is -0.378 e. The van der Waals surface area contributed by atoms with Gasteiger partial charge in [0.2, 0.25) is 0 Å². The summed E-state index contributed by atoms with van der Waals surface area (Å²) in [6, 6.07) is 22.9. The van der Waals surface area contributed by atoms with Crippen LogP contribution in [0.5, 0.6) is 0 Å². The predicted octanol–water partition coefficient (Wildman–Crippen LogP) is 4.49. The van der Waals surface area contributed by atoms with E-state index >= 15 is 0 Å². The molecule has 2 amide bonds. The molecule has 0 bridgehead atoms. The van der Waals surface area contributed by atoms with E-state index in [1.165, 1.54) is 23.4 Å². The Morgan fingerprint density at radius 3 is 2.44 bits per heavy atom. The molecule has 4 rings (SSSR count). The third-order valence-corrected chi connectivity index (χ3v) is 5.92. The van der Waals surface area contributed by atoms with Crippen LogP contribution < -0.4 is 20.4 Å². The maximum atomic E-state index is 13.1. The van der Waals surface area contributed by atoms with Crippen molar-refractivity contribution in [2.24, 2.45) is 0 Å². The van der Waals surface area contributed by atoms with Crippen molar-refractivity contribution in [3.8, 4) is 0 Å². The van der Waals surface area contributed by atoms with E-state index in [0.717, 1.165) is 29.8 Å². The van der Waals surface area contributed by atoms with Gasteiger partial charge in [-0.05, 0) is 53.4 Å². The van der Waals surface area contributed by atoms with Crippen LogP contribution in [0.25, 0.3) is 0 Å². The van der Waals surface area contributed by atoms with Crippen LogP contribution in [0, 0.1) is 5.82 Å². The Balaban J connectivity index is 1.47. The van der Waals surface area contributed by atoms with Crippen molar-refractivity contribution in [1.29, 1.82) is 0 Å². The van der Waals surface area contributed by atoms with Gasteiger partial charge in [0.25, 0.3) is 0 Å². The Hall–Kier alpha value is -3.54. The molecule has 1 aliphatic heterocycles. The summed E-state index contributed by atoms with van der Waals surface area (Å²) in [5.74, 6) is -0.285. The van der Waals surface area contributed by atoms with Gasteiger partial charge in [-0.3, -0.25) is 0 Å². The molecule has 0 aliphatic carbocycles. The van der Waals surface area contributed by atoms with E-state index in [0.29, 0.717) is 13.1 Å². The lowest BCUT2D eigenvalue weighted by molar-refractivity contribution is 0.239. The molecule has 1 heterocycles. The number of rotatable bonds is 7. The highest BCUT2D eigenvalue weighted by Crippen LogP contribution is 2.35. The average molecular weight is 433 g/mol. The molecule has 32 heavy (non-hydrogen) atoms. The van der Waals surface area contributed by atoms with Crippen molar-refractivity contribution >= 4 is 17.4 Å². The van der Waals surface area contributed by atoms with Gasteiger partial charge in [-0.15, -0.1) is 0 Å². The Bertz CT molecular complexity index is 1050. The van der Waals surface area contributed by atoms with Crippen LogP contribution >= 0.6 is 0 Å². The van der Waals surface area contributed by atoms with Crippen molar-refractivity contribution in [3.05, 3.63) is 95.3 Å². The highest BCUT2D eigenvalue weighted by Gasteiger charge is 2.27. The largest absolute Gasteiger partial charge is 0.378 e. The summed E-state index contributed by atoms with van der Waals surface area (Å²) in [6.45, 7) is 1.74. The highest BCUT2D eigenvalue weighted by molar-refractivity contribution is 5.74. The summed E-state index contributed by atoms with van der Waals surface area (Å²) in [4.78, 5) is 17.0. The van der Waals surface area contributed by atoms with E-state index in [9.17, 15) is 9.18 Å². The second-order valence-corrected chi connectivity index (χ2v) is 8.26. The molecule has 1 aliphatic rings. The third kappa shape index (κ3) is 5.02. The topological polar surface area (TPSA) is 47.6 Å². The number of carbonyl (C=O) groups is 1. The van der Waals surface area contributed by atoms with Crippen molar-refractivity contribution in [3.63, 3.8) is 0 Å². The molecule has 3 aromatic rings. The first-order valence-corrected chi connectivity index (χ1v) is 10.9. The summed E-state index contributed by atoms with van der Waals surface area (Å²) in [7, 11) is 4.05. The number of hydrogen-bond acceptors (Lipinski definition) is 3. The molecule has 0 saturated heterocycles. The van der Waals surface area contributed by atoms with Crippen LogP contribution in [-0.4, -0.2) is 33.2 Å². The lowest BCUT2D eigenvalue weighted by atomic mass is 10.0. The molecule has 1 unspecified atom stereocenters. The maximum Gasteiger partial charge on any atom is 0.315 e. The molecule has 1 atom stereocenters. The lowest BCUT2D eigenvalue weighted by Crippen LogP contribution is -2.41. The van der Waals surface area contributed by atoms with Crippen molar-refractivity contribution in [2.75, 3.05) is 37.0 Å². The smallest absolute Gasteiger partial charge is 0.315 e. The number of amides is 2. The van der Waals surface area contributed by atoms with Gasteiger partial charge in [-0.1, -0.05) is 42.5 Å². The minimum absolute atomic E-state index is 0.0198. The number of para-hydroxylation sites is 1. The monoisotopic (exact) mass is 432 g/mol. The van der Waals surface area contributed by atoms with Crippen molar-refractivity contribution in [1.82, 2.24) is 10.6 Å². The molecule has 0 spiro atoms. The van der Waals surface area contributed by atoms with E-state index in [4.69, 9.17) is 0 Å². The van der Waals surface area contributed by atoms with Gasteiger partial charge in [-0.2, -0.15) is 0 Å². The van der Waals surface area contributed by atoms with Crippen molar-refractivity contribution < 1.29 is 9.18 Å². The molecule has 0 saturated carbocycles. The molecule has 166 valence electrons. The molecule has 0 radical (unpaired) electrons. The number of halogens is 1. The van der Waals surface area contributed by atoms with Crippen LogP contribution in [0.4, 0.5) is 20.6 Å². The summed E-state index contributed by atoms with van der Waals surface area (Å²) in [6.07, 6.45) is 0.999. The second kappa shape index (κ2) is 9.73. The number of urea groups is 1. The van der Waals surface area contributed by atoms with E-state index in [1.807, 2.05) is 14.1 Å². The zero-order valence-corrected chi connectivity index (χ0v) is 18.5. The first kappa shape index (κ1) is 21.7. The fourth-order valence-electron chi connectivity index (χ4n) is 4.13. The standard InChI is InChI=1S/C26H29FN4O/c1-30(2)23-13-9-21(10-14-23)25(31-16-15-20-5-3-4-6-24(20)31)18-29-26(32)28-17-19-7-11-22(27)12-8-19/h3-14,25H,15-18H2,1-2H3,(H2,28,29,32). The minimum atomic E-state index is -0.285. The number of nitrogens with one attached hydrogen (secondary N) is 2. The number of carbonyl (C=O) groups excluding carboxylic acids is 1. The average Bonchev–Trinajstić information content (AvgIpc) is 3.23. The third-order valence-electron chi connectivity index (χ3n) is 5.92. The molecule has 3 aromatic carbocycles. The van der Waals surface area contributed by atoms with Gasteiger partial charge < -0.3 is 20.4 Å². The molecule has 0 aromatic heterocycles. The first-order valence-electron chi connectivity index (χ1n) is 10.9. The quantitative estimate of drug-likeness (QED) is 0.578. The second-order valence-electron chi connectivity index (χ2n) is 8.26. The SMILES string of the molecule is CN(C)c1ccc(C(CNC(=O)NCc2ccc(F)cc2)N2CCc3ccccc32)cc1. The summed E-state index contributed by atoms with van der Waals surface area (Å²) in [5.41, 5.74) is 5.71. The maximum absolute atomic E-state index is 13.1. The van der Waals surface area contributed by atoms with Gasteiger partial charge in [0.15, 0.2) is 0 Å².